The molecule has 0 radical (unpaired) electrons. The Hall–Kier alpha value is -2.77. The summed E-state index contributed by atoms with van der Waals surface area (Å²) in [5.74, 6) is -0.498. The van der Waals surface area contributed by atoms with Crippen molar-refractivity contribution in [3.8, 4) is 0 Å². The Kier molecular flexibility index (Phi) is 6.86. The Morgan fingerprint density at radius 2 is 1.84 bits per heavy atom. The quantitative estimate of drug-likeness (QED) is 0.777. The molecule has 0 spiro atoms. The summed E-state index contributed by atoms with van der Waals surface area (Å²) in [5, 5.41) is 2.75. The number of ether oxygens (including phenoxy) is 1. The number of halogens is 1. The molecular weight excluding hydrogens is 409 g/mol. The molecule has 170 valence electrons. The van der Waals surface area contributed by atoms with Crippen LogP contribution in [0.5, 0.6) is 0 Å². The first-order valence-electron chi connectivity index (χ1n) is 11.2. The highest BCUT2D eigenvalue weighted by Gasteiger charge is 2.46. The number of carbonyl (C=O) groups excluding carboxylic acids is 2. The second-order valence-electron chi connectivity index (χ2n) is 8.54. The molecule has 2 aliphatic heterocycles. The number of nitrogens with one attached hydrogen (secondary N) is 1. The summed E-state index contributed by atoms with van der Waals surface area (Å²) < 4.78 is 19.6. The summed E-state index contributed by atoms with van der Waals surface area (Å²) in [7, 11) is 1.62. The Morgan fingerprint density at radius 3 is 2.53 bits per heavy atom. The number of rotatable bonds is 5. The van der Waals surface area contributed by atoms with Gasteiger partial charge in [-0.1, -0.05) is 42.5 Å². The van der Waals surface area contributed by atoms with Crippen LogP contribution in [0.3, 0.4) is 0 Å². The van der Waals surface area contributed by atoms with E-state index in [9.17, 15) is 14.0 Å². The van der Waals surface area contributed by atoms with Crippen LogP contribution in [0.1, 0.15) is 24.0 Å². The Morgan fingerprint density at radius 1 is 1.09 bits per heavy atom. The third-order valence-electron chi connectivity index (χ3n) is 6.69. The highest BCUT2D eigenvalue weighted by molar-refractivity contribution is 5.90. The minimum Gasteiger partial charge on any atom is -0.381 e. The normalized spacial score (nSPS) is 21.2. The van der Waals surface area contributed by atoms with E-state index in [1.807, 2.05) is 36.4 Å². The monoisotopic (exact) mass is 439 g/mol. The molecular formula is C25H30FN3O3. The maximum atomic E-state index is 14.1. The van der Waals surface area contributed by atoms with E-state index >= 15 is 0 Å². The van der Waals surface area contributed by atoms with Crippen molar-refractivity contribution >= 4 is 11.8 Å². The predicted molar refractivity (Wildman–Crippen MR) is 119 cm³/mol. The smallest absolute Gasteiger partial charge is 0.238 e. The molecule has 2 saturated heterocycles. The van der Waals surface area contributed by atoms with Gasteiger partial charge in [-0.3, -0.25) is 14.5 Å². The van der Waals surface area contributed by atoms with Gasteiger partial charge in [-0.15, -0.1) is 0 Å². The van der Waals surface area contributed by atoms with Gasteiger partial charge in [-0.05, 0) is 36.1 Å². The molecule has 2 fully saturated rings. The Labute approximate surface area is 188 Å². The summed E-state index contributed by atoms with van der Waals surface area (Å²) in [6.45, 7) is 2.98. The van der Waals surface area contributed by atoms with E-state index in [0.29, 0.717) is 57.8 Å². The summed E-state index contributed by atoms with van der Waals surface area (Å²) >= 11 is 0. The van der Waals surface area contributed by atoms with Crippen LogP contribution in [0.2, 0.25) is 0 Å². The van der Waals surface area contributed by atoms with E-state index in [2.05, 4.69) is 10.2 Å². The van der Waals surface area contributed by atoms with Crippen molar-refractivity contribution in [2.45, 2.75) is 30.8 Å². The van der Waals surface area contributed by atoms with Gasteiger partial charge in [0.1, 0.15) is 11.9 Å². The highest BCUT2D eigenvalue weighted by Crippen LogP contribution is 2.37. The first-order chi connectivity index (χ1) is 15.5. The van der Waals surface area contributed by atoms with Crippen LogP contribution in [0.15, 0.2) is 54.6 Å². The SMILES string of the molecule is CNC(=O)[C@@H]1CN(C(=O)C2(c3cccc(F)c3)CCOCC2)CCN1Cc1ccccc1. The van der Waals surface area contributed by atoms with E-state index in [4.69, 9.17) is 4.74 Å². The molecule has 0 saturated carbocycles. The van der Waals surface area contributed by atoms with Gasteiger partial charge in [0.25, 0.3) is 0 Å². The number of piperazine rings is 1. The molecule has 6 nitrogen and oxygen atoms in total. The molecule has 2 amide bonds. The fourth-order valence-electron chi connectivity index (χ4n) is 4.86. The van der Waals surface area contributed by atoms with Crippen LogP contribution in [0.4, 0.5) is 4.39 Å². The molecule has 0 aromatic heterocycles. The van der Waals surface area contributed by atoms with Crippen LogP contribution >= 0.6 is 0 Å². The number of amides is 2. The zero-order valence-electron chi connectivity index (χ0n) is 18.4. The van der Waals surface area contributed by atoms with Crippen LogP contribution in [0, 0.1) is 5.82 Å². The van der Waals surface area contributed by atoms with E-state index < -0.39 is 11.5 Å². The second kappa shape index (κ2) is 9.79. The number of benzene rings is 2. The third kappa shape index (κ3) is 4.54. The average molecular weight is 440 g/mol. The summed E-state index contributed by atoms with van der Waals surface area (Å²) in [6, 6.07) is 15.9. The minimum atomic E-state index is -0.824. The Balaban J connectivity index is 1.58. The molecule has 0 unspecified atom stereocenters. The second-order valence-corrected chi connectivity index (χ2v) is 8.54. The number of nitrogens with zero attached hydrogens (tertiary/aromatic N) is 2. The lowest BCUT2D eigenvalue weighted by molar-refractivity contribution is -0.146. The largest absolute Gasteiger partial charge is 0.381 e. The van der Waals surface area contributed by atoms with Gasteiger partial charge in [0, 0.05) is 46.4 Å². The fraction of sp³-hybridized carbons (Fsp3) is 0.440. The predicted octanol–water partition coefficient (Wildman–Crippen LogP) is 2.33. The lowest BCUT2D eigenvalue weighted by atomic mass is 9.72. The van der Waals surface area contributed by atoms with Gasteiger partial charge in [-0.2, -0.15) is 0 Å². The number of likely N-dealkylation sites (N-methyl/N-ethyl adjacent to an activating group) is 1. The maximum Gasteiger partial charge on any atom is 0.238 e. The Bertz CT molecular complexity index is 946. The fourth-order valence-corrected chi connectivity index (χ4v) is 4.86. The molecule has 2 aromatic rings. The molecule has 32 heavy (non-hydrogen) atoms. The lowest BCUT2D eigenvalue weighted by Gasteiger charge is -2.45. The van der Waals surface area contributed by atoms with Crippen molar-refractivity contribution in [2.75, 3.05) is 39.9 Å². The van der Waals surface area contributed by atoms with E-state index in [1.165, 1.54) is 12.1 Å². The van der Waals surface area contributed by atoms with Crippen molar-refractivity contribution in [3.63, 3.8) is 0 Å². The first kappa shape index (κ1) is 22.4. The first-order valence-corrected chi connectivity index (χ1v) is 11.2. The van der Waals surface area contributed by atoms with Gasteiger partial charge >= 0.3 is 0 Å². The molecule has 4 rings (SSSR count). The van der Waals surface area contributed by atoms with E-state index in [0.717, 1.165) is 5.56 Å². The van der Waals surface area contributed by atoms with Crippen molar-refractivity contribution in [1.82, 2.24) is 15.1 Å². The van der Waals surface area contributed by atoms with E-state index in [-0.39, 0.29) is 17.6 Å². The zero-order valence-corrected chi connectivity index (χ0v) is 18.4. The van der Waals surface area contributed by atoms with Gasteiger partial charge in [-0.25, -0.2) is 4.39 Å². The van der Waals surface area contributed by atoms with Crippen molar-refractivity contribution in [1.29, 1.82) is 0 Å². The summed E-state index contributed by atoms with van der Waals surface area (Å²) in [4.78, 5) is 30.6. The average Bonchev–Trinajstić information content (AvgIpc) is 2.84. The zero-order chi connectivity index (χ0) is 22.6. The molecule has 2 aromatic carbocycles. The molecule has 0 aliphatic carbocycles. The third-order valence-corrected chi connectivity index (χ3v) is 6.69. The summed E-state index contributed by atoms with van der Waals surface area (Å²) in [6.07, 6.45) is 1.01. The number of hydrogen-bond acceptors (Lipinski definition) is 4. The number of hydrogen-bond donors (Lipinski definition) is 1. The molecule has 1 N–H and O–H groups in total. The minimum absolute atomic E-state index is 0.0420. The van der Waals surface area contributed by atoms with Crippen molar-refractivity contribution in [2.24, 2.45) is 0 Å². The van der Waals surface area contributed by atoms with Gasteiger partial charge < -0.3 is 15.0 Å². The maximum absolute atomic E-state index is 14.1. The number of carbonyl (C=O) groups is 2. The standard InChI is InChI=1S/C25H30FN3O3/c1-27-23(30)22-18-29(13-12-28(22)17-19-6-3-2-4-7-19)24(31)25(10-14-32-15-11-25)20-8-5-9-21(26)16-20/h2-9,16,22H,10-15,17-18H2,1H3,(H,27,30)/t22-/m0/s1. The van der Waals surface area contributed by atoms with Crippen LogP contribution in [-0.4, -0.2) is 67.6 Å². The lowest BCUT2D eigenvalue weighted by Crippen LogP contribution is -2.62. The molecule has 7 heteroatoms. The molecule has 1 atom stereocenters. The topological polar surface area (TPSA) is 61.9 Å². The van der Waals surface area contributed by atoms with Crippen LogP contribution < -0.4 is 5.32 Å². The highest BCUT2D eigenvalue weighted by atomic mass is 19.1. The van der Waals surface area contributed by atoms with Crippen molar-refractivity contribution < 1.29 is 18.7 Å². The van der Waals surface area contributed by atoms with E-state index in [1.54, 1.807) is 18.0 Å². The van der Waals surface area contributed by atoms with Gasteiger partial charge in [0.05, 0.1) is 5.41 Å². The van der Waals surface area contributed by atoms with Crippen molar-refractivity contribution in [3.05, 3.63) is 71.5 Å². The molecule has 0 bridgehead atoms. The van der Waals surface area contributed by atoms with Gasteiger partial charge in [0.15, 0.2) is 0 Å². The summed E-state index contributed by atoms with van der Waals surface area (Å²) in [5.41, 5.74) is 0.991. The molecule has 2 heterocycles. The van der Waals surface area contributed by atoms with Gasteiger partial charge in [0.2, 0.25) is 11.8 Å². The van der Waals surface area contributed by atoms with Crippen LogP contribution in [-0.2, 0) is 26.3 Å². The van der Waals surface area contributed by atoms with Crippen LogP contribution in [0.25, 0.3) is 0 Å². The molecule has 2 aliphatic rings.